The maximum absolute atomic E-state index is 12.1. The average molecular weight is 432 g/mol. The monoisotopic (exact) mass is 431 g/mol. The third kappa shape index (κ3) is 7.56. The van der Waals surface area contributed by atoms with Crippen LogP contribution in [-0.4, -0.2) is 23.0 Å². The van der Waals surface area contributed by atoms with Crippen molar-refractivity contribution in [3.05, 3.63) is 70.3 Å². The highest BCUT2D eigenvalue weighted by Crippen LogP contribution is 2.17. The van der Waals surface area contributed by atoms with Crippen molar-refractivity contribution in [3.8, 4) is 5.75 Å². The van der Waals surface area contributed by atoms with Gasteiger partial charge in [0.05, 0.1) is 0 Å². The molecule has 6 nitrogen and oxygen atoms in total. The van der Waals surface area contributed by atoms with Crippen molar-refractivity contribution in [2.24, 2.45) is 0 Å². The Labute approximate surface area is 180 Å². The summed E-state index contributed by atoms with van der Waals surface area (Å²) in [6.45, 7) is 5.58. The van der Waals surface area contributed by atoms with E-state index in [2.05, 4.69) is 16.2 Å². The summed E-state index contributed by atoms with van der Waals surface area (Å²) in [5, 5.41) is 3.01. The maximum atomic E-state index is 12.1. The predicted octanol–water partition coefficient (Wildman–Crippen LogP) is 3.46. The minimum Gasteiger partial charge on any atom is -0.481 e. The van der Waals surface area contributed by atoms with Gasteiger partial charge in [0.15, 0.2) is 11.2 Å². The molecule has 1 unspecified atom stereocenters. The zero-order chi connectivity index (χ0) is 21.4. The van der Waals surface area contributed by atoms with Crippen LogP contribution in [0.15, 0.2) is 48.5 Å². The summed E-state index contributed by atoms with van der Waals surface area (Å²) in [6.07, 6.45) is 2.18. The highest BCUT2D eigenvalue weighted by Gasteiger charge is 2.15. The van der Waals surface area contributed by atoms with Gasteiger partial charge in [-0.1, -0.05) is 29.8 Å². The fraction of sp³-hybridized carbons (Fsp3) is 0.190. The van der Waals surface area contributed by atoms with Gasteiger partial charge in [-0.25, -0.2) is 0 Å². The van der Waals surface area contributed by atoms with Crippen molar-refractivity contribution in [2.75, 3.05) is 0 Å². The van der Waals surface area contributed by atoms with Crippen LogP contribution < -0.4 is 20.9 Å². The third-order valence-electron chi connectivity index (χ3n) is 3.99. The van der Waals surface area contributed by atoms with Crippen molar-refractivity contribution in [1.82, 2.24) is 16.2 Å². The molecule has 29 heavy (non-hydrogen) atoms. The van der Waals surface area contributed by atoms with E-state index in [1.54, 1.807) is 43.3 Å². The molecule has 0 aliphatic rings. The zero-order valence-electron chi connectivity index (χ0n) is 16.3. The number of hydrazine groups is 1. The molecule has 152 valence electrons. The number of ether oxygens (including phenoxy) is 1. The molecule has 2 rings (SSSR count). The van der Waals surface area contributed by atoms with Crippen molar-refractivity contribution in [1.29, 1.82) is 0 Å². The maximum Gasteiger partial charge on any atom is 0.279 e. The summed E-state index contributed by atoms with van der Waals surface area (Å²) in [5.74, 6) is -0.276. The molecular formula is C21H22ClN3O3S. The first-order chi connectivity index (χ1) is 13.7. The van der Waals surface area contributed by atoms with E-state index >= 15 is 0 Å². The van der Waals surface area contributed by atoms with Gasteiger partial charge in [0.25, 0.3) is 5.91 Å². The van der Waals surface area contributed by atoms with Crippen molar-refractivity contribution >= 4 is 46.8 Å². The van der Waals surface area contributed by atoms with Gasteiger partial charge in [-0.05, 0) is 80.0 Å². The van der Waals surface area contributed by atoms with Gasteiger partial charge in [0.1, 0.15) is 5.75 Å². The molecule has 3 N–H and O–H groups in total. The molecule has 2 amide bonds. The number of aryl methyl sites for hydroxylation is 2. The summed E-state index contributed by atoms with van der Waals surface area (Å²) in [4.78, 5) is 24.0. The average Bonchev–Trinajstić information content (AvgIpc) is 2.68. The Bertz CT molecular complexity index is 929. The number of carbonyl (C=O) groups is 2. The topological polar surface area (TPSA) is 79.5 Å². The van der Waals surface area contributed by atoms with E-state index in [0.717, 1.165) is 16.7 Å². The lowest BCUT2D eigenvalue weighted by Gasteiger charge is -2.16. The summed E-state index contributed by atoms with van der Waals surface area (Å²) in [5.41, 5.74) is 7.91. The van der Waals surface area contributed by atoms with E-state index in [1.807, 2.05) is 26.0 Å². The largest absolute Gasteiger partial charge is 0.481 e. The minimum atomic E-state index is -0.757. The molecule has 8 heteroatoms. The summed E-state index contributed by atoms with van der Waals surface area (Å²) in [7, 11) is 0. The Morgan fingerprint density at radius 2 is 1.76 bits per heavy atom. The second-order valence-corrected chi connectivity index (χ2v) is 7.17. The van der Waals surface area contributed by atoms with Crippen LogP contribution in [-0.2, 0) is 9.59 Å². The van der Waals surface area contributed by atoms with Crippen molar-refractivity contribution in [3.63, 3.8) is 0 Å². The molecule has 0 saturated heterocycles. The van der Waals surface area contributed by atoms with Crippen LogP contribution in [0.25, 0.3) is 6.08 Å². The van der Waals surface area contributed by atoms with Crippen LogP contribution in [0, 0.1) is 13.8 Å². The fourth-order valence-electron chi connectivity index (χ4n) is 2.20. The van der Waals surface area contributed by atoms with Crippen molar-refractivity contribution in [2.45, 2.75) is 26.9 Å². The lowest BCUT2D eigenvalue weighted by atomic mass is 10.1. The van der Waals surface area contributed by atoms with Crippen LogP contribution in [0.4, 0.5) is 0 Å². The highest BCUT2D eigenvalue weighted by atomic mass is 35.5. The smallest absolute Gasteiger partial charge is 0.279 e. The van der Waals surface area contributed by atoms with Crippen LogP contribution in [0.3, 0.4) is 0 Å². The molecule has 0 fully saturated rings. The zero-order valence-corrected chi connectivity index (χ0v) is 17.9. The first kappa shape index (κ1) is 22.4. The van der Waals surface area contributed by atoms with E-state index < -0.39 is 17.9 Å². The van der Waals surface area contributed by atoms with Gasteiger partial charge in [-0.2, -0.15) is 0 Å². The Hall–Kier alpha value is -2.90. The molecule has 0 bridgehead atoms. The molecule has 0 saturated carbocycles. The lowest BCUT2D eigenvalue weighted by molar-refractivity contribution is -0.128. The Morgan fingerprint density at radius 1 is 1.07 bits per heavy atom. The fourth-order valence-corrected chi connectivity index (χ4v) is 2.47. The SMILES string of the molecule is Cc1ccc(OC(C)C(=O)NNC(=S)NC(=O)/C=C/c2ccc(Cl)cc2)cc1C. The first-order valence-corrected chi connectivity index (χ1v) is 9.61. The second-order valence-electron chi connectivity index (χ2n) is 6.32. The number of nitrogens with one attached hydrogen (secondary N) is 3. The number of carbonyl (C=O) groups excluding carboxylic acids is 2. The molecule has 0 heterocycles. The van der Waals surface area contributed by atoms with Crippen molar-refractivity contribution < 1.29 is 14.3 Å². The van der Waals surface area contributed by atoms with Gasteiger partial charge >= 0.3 is 0 Å². The molecular weight excluding hydrogens is 410 g/mol. The number of amides is 2. The molecule has 0 aromatic heterocycles. The quantitative estimate of drug-likeness (QED) is 0.384. The molecule has 2 aromatic rings. The lowest BCUT2D eigenvalue weighted by Crippen LogP contribution is -2.51. The number of benzene rings is 2. The molecule has 2 aromatic carbocycles. The molecule has 0 radical (unpaired) electrons. The second kappa shape index (κ2) is 10.6. The van der Waals surface area contributed by atoms with Crippen LogP contribution in [0.5, 0.6) is 5.75 Å². The van der Waals surface area contributed by atoms with Gasteiger partial charge in [0.2, 0.25) is 5.91 Å². The normalized spacial score (nSPS) is 11.6. The Kier molecular flexibility index (Phi) is 8.18. The van der Waals surface area contributed by atoms with E-state index in [-0.39, 0.29) is 5.11 Å². The van der Waals surface area contributed by atoms with Crippen LogP contribution in [0.1, 0.15) is 23.6 Å². The molecule has 0 aliphatic heterocycles. The Morgan fingerprint density at radius 3 is 2.41 bits per heavy atom. The summed E-state index contributed by atoms with van der Waals surface area (Å²) >= 11 is 10.8. The number of hydrogen-bond acceptors (Lipinski definition) is 4. The number of rotatable bonds is 5. The molecule has 0 aliphatic carbocycles. The predicted molar refractivity (Wildman–Crippen MR) is 119 cm³/mol. The molecule has 0 spiro atoms. The first-order valence-electron chi connectivity index (χ1n) is 8.83. The van der Waals surface area contributed by atoms with E-state index in [4.69, 9.17) is 28.6 Å². The van der Waals surface area contributed by atoms with E-state index in [9.17, 15) is 9.59 Å². The number of hydrogen-bond donors (Lipinski definition) is 3. The number of halogens is 1. The van der Waals surface area contributed by atoms with Gasteiger partial charge in [-0.15, -0.1) is 0 Å². The van der Waals surface area contributed by atoms with Crippen LogP contribution in [0.2, 0.25) is 5.02 Å². The minimum absolute atomic E-state index is 0.0394. The van der Waals surface area contributed by atoms with Gasteiger partial charge in [-0.3, -0.25) is 25.8 Å². The summed E-state index contributed by atoms with van der Waals surface area (Å²) < 4.78 is 5.62. The van der Waals surface area contributed by atoms with Crippen LogP contribution >= 0.6 is 23.8 Å². The standard InChI is InChI=1S/C21H22ClN3O3S/c1-13-4-10-18(12-14(13)2)28-15(3)20(27)24-25-21(29)23-19(26)11-7-16-5-8-17(22)9-6-16/h4-12,15H,1-3H3,(H,24,27)(H2,23,25,26,29)/b11-7+. The van der Waals surface area contributed by atoms with Gasteiger partial charge in [0, 0.05) is 11.1 Å². The highest BCUT2D eigenvalue weighted by molar-refractivity contribution is 7.80. The third-order valence-corrected chi connectivity index (χ3v) is 4.45. The van der Waals surface area contributed by atoms with Gasteiger partial charge < -0.3 is 4.74 Å². The molecule has 1 atom stereocenters. The van der Waals surface area contributed by atoms with E-state index in [0.29, 0.717) is 10.8 Å². The van der Waals surface area contributed by atoms with E-state index in [1.165, 1.54) is 6.08 Å². The Balaban J connectivity index is 1.76. The summed E-state index contributed by atoms with van der Waals surface area (Å²) in [6, 6.07) is 12.6. The number of thiocarbonyl (C=S) groups is 1.